The molecule has 4 atom stereocenters. The number of fused-ring (bicyclic) bond motifs is 5. The van der Waals surface area contributed by atoms with Gasteiger partial charge in [-0.25, -0.2) is 4.90 Å². The first-order valence-electron chi connectivity index (χ1n) is 12.5. The number of nitrogens with zero attached hydrogens (tertiary/aromatic N) is 4. The highest BCUT2D eigenvalue weighted by Gasteiger charge is 2.59. The van der Waals surface area contributed by atoms with E-state index in [0.717, 1.165) is 31.6 Å². The van der Waals surface area contributed by atoms with Gasteiger partial charge in [0.25, 0.3) is 5.69 Å². The Morgan fingerprint density at radius 2 is 1.58 bits per heavy atom. The quantitative estimate of drug-likeness (QED) is 0.269. The first kappa shape index (κ1) is 22.7. The average molecular weight is 485 g/mol. The van der Waals surface area contributed by atoms with Crippen LogP contribution in [0.3, 0.4) is 0 Å². The second-order valence-electron chi connectivity index (χ2n) is 10.0. The Labute approximate surface area is 209 Å². The van der Waals surface area contributed by atoms with E-state index in [2.05, 4.69) is 29.2 Å². The number of benzene rings is 2. The molecule has 2 saturated heterocycles. The van der Waals surface area contributed by atoms with Gasteiger partial charge in [-0.3, -0.25) is 24.6 Å². The van der Waals surface area contributed by atoms with Crippen molar-refractivity contribution in [1.82, 2.24) is 4.90 Å². The van der Waals surface area contributed by atoms with Gasteiger partial charge in [0.1, 0.15) is 5.69 Å². The smallest absolute Gasteiger partial charge is 0.294 e. The van der Waals surface area contributed by atoms with Gasteiger partial charge in [-0.15, -0.1) is 0 Å². The molecule has 2 aliphatic carbocycles. The van der Waals surface area contributed by atoms with Gasteiger partial charge in [-0.05, 0) is 36.0 Å². The second-order valence-corrected chi connectivity index (χ2v) is 10.0. The fourth-order valence-electron chi connectivity index (χ4n) is 6.29. The van der Waals surface area contributed by atoms with E-state index < -0.39 is 4.92 Å². The van der Waals surface area contributed by atoms with Crippen LogP contribution in [-0.4, -0.2) is 54.4 Å². The minimum atomic E-state index is -0.412. The van der Waals surface area contributed by atoms with Gasteiger partial charge in [0, 0.05) is 38.8 Å². The molecular weight excluding hydrogens is 456 g/mol. The maximum absolute atomic E-state index is 13.1. The van der Waals surface area contributed by atoms with Crippen molar-refractivity contribution < 1.29 is 14.5 Å². The van der Waals surface area contributed by atoms with Crippen molar-refractivity contribution in [3.8, 4) is 0 Å². The molecule has 0 aromatic heterocycles. The predicted octanol–water partition coefficient (Wildman–Crippen LogP) is 3.74. The highest BCUT2D eigenvalue weighted by atomic mass is 16.6. The van der Waals surface area contributed by atoms with E-state index in [1.807, 2.05) is 35.3 Å². The molecule has 1 saturated carbocycles. The molecule has 184 valence electrons. The standard InChI is InChI=1S/C28H28N4O4/c33-27-25-20-8-9-21(17-20)26(25)28(34)31(27)22-10-11-23(24(18-22)32(35)36)30-15-13-29(14-16-30)12-4-7-19-5-2-1-3-6-19/h1-11,18,20-21,25-26H,12-17H2/b7-4+/t20-,21-,25+,26+/m0/s1. The number of amides is 2. The summed E-state index contributed by atoms with van der Waals surface area (Å²) in [5.41, 5.74) is 1.93. The maximum Gasteiger partial charge on any atom is 0.294 e. The number of nitro benzene ring substituents is 1. The Bertz CT molecular complexity index is 1240. The Balaban J connectivity index is 1.15. The van der Waals surface area contributed by atoms with Gasteiger partial charge in [-0.2, -0.15) is 0 Å². The second kappa shape index (κ2) is 9.02. The number of rotatable bonds is 6. The summed E-state index contributed by atoms with van der Waals surface area (Å²) in [6, 6.07) is 14.9. The summed E-state index contributed by atoms with van der Waals surface area (Å²) in [7, 11) is 0. The Morgan fingerprint density at radius 1 is 0.917 bits per heavy atom. The van der Waals surface area contributed by atoms with Crippen molar-refractivity contribution in [2.24, 2.45) is 23.7 Å². The van der Waals surface area contributed by atoms with Crippen molar-refractivity contribution in [1.29, 1.82) is 0 Å². The van der Waals surface area contributed by atoms with Crippen LogP contribution in [0, 0.1) is 33.8 Å². The van der Waals surface area contributed by atoms with E-state index in [1.165, 1.54) is 11.0 Å². The van der Waals surface area contributed by atoms with Crippen LogP contribution in [0.5, 0.6) is 0 Å². The van der Waals surface area contributed by atoms with Gasteiger partial charge >= 0.3 is 0 Å². The first-order chi connectivity index (χ1) is 17.5. The third-order valence-electron chi connectivity index (χ3n) is 8.07. The van der Waals surface area contributed by atoms with Gasteiger partial charge < -0.3 is 4.90 Å². The molecular formula is C28H28N4O4. The molecule has 36 heavy (non-hydrogen) atoms. The predicted molar refractivity (Wildman–Crippen MR) is 137 cm³/mol. The van der Waals surface area contributed by atoms with Crippen molar-refractivity contribution in [2.45, 2.75) is 6.42 Å². The zero-order chi connectivity index (χ0) is 24.8. The van der Waals surface area contributed by atoms with Crippen LogP contribution < -0.4 is 9.80 Å². The topological polar surface area (TPSA) is 87.0 Å². The molecule has 2 heterocycles. The first-order valence-corrected chi connectivity index (χ1v) is 12.5. The lowest BCUT2D eigenvalue weighted by atomic mass is 9.85. The molecule has 2 aromatic carbocycles. The third kappa shape index (κ3) is 3.82. The molecule has 2 bridgehead atoms. The summed E-state index contributed by atoms with van der Waals surface area (Å²) in [6.45, 7) is 3.74. The van der Waals surface area contributed by atoms with Crippen molar-refractivity contribution in [3.63, 3.8) is 0 Å². The van der Waals surface area contributed by atoms with Crippen LogP contribution in [0.1, 0.15) is 12.0 Å². The molecule has 0 unspecified atom stereocenters. The molecule has 6 rings (SSSR count). The lowest BCUT2D eigenvalue weighted by Gasteiger charge is -2.35. The number of carbonyl (C=O) groups excluding carboxylic acids is 2. The molecule has 2 aliphatic heterocycles. The number of imide groups is 1. The molecule has 2 aromatic rings. The lowest BCUT2D eigenvalue weighted by Crippen LogP contribution is -2.46. The van der Waals surface area contributed by atoms with E-state index in [9.17, 15) is 19.7 Å². The summed E-state index contributed by atoms with van der Waals surface area (Å²) < 4.78 is 0. The van der Waals surface area contributed by atoms with E-state index in [0.29, 0.717) is 24.5 Å². The SMILES string of the molecule is O=C1[C@H]2[C@H](C(=O)N1c1ccc(N3CCN(C/C=C/c4ccccc4)CC3)c([N+](=O)[O-])c1)[C@H]1C=C[C@H]2C1. The molecule has 8 nitrogen and oxygen atoms in total. The molecule has 0 spiro atoms. The van der Waals surface area contributed by atoms with Crippen LogP contribution in [0.15, 0.2) is 66.8 Å². The normalized spacial score (nSPS) is 27.4. The number of allylic oxidation sites excluding steroid dienone is 2. The highest BCUT2D eigenvalue weighted by Crippen LogP contribution is 2.53. The van der Waals surface area contributed by atoms with Gasteiger partial charge in [0.15, 0.2) is 0 Å². The van der Waals surface area contributed by atoms with E-state index in [1.54, 1.807) is 12.1 Å². The van der Waals surface area contributed by atoms with E-state index in [4.69, 9.17) is 0 Å². The summed E-state index contributed by atoms with van der Waals surface area (Å²) in [4.78, 5) is 43.4. The van der Waals surface area contributed by atoms with Crippen molar-refractivity contribution in [3.05, 3.63) is 82.4 Å². The zero-order valence-corrected chi connectivity index (χ0v) is 19.9. The summed E-state index contributed by atoms with van der Waals surface area (Å²) >= 11 is 0. The zero-order valence-electron chi connectivity index (χ0n) is 19.9. The van der Waals surface area contributed by atoms with Crippen molar-refractivity contribution in [2.75, 3.05) is 42.5 Å². The number of carbonyl (C=O) groups is 2. The van der Waals surface area contributed by atoms with Gasteiger partial charge in [0.05, 0.1) is 22.4 Å². The monoisotopic (exact) mass is 484 g/mol. The minimum absolute atomic E-state index is 0.0660. The van der Waals surface area contributed by atoms with Gasteiger partial charge in [0.2, 0.25) is 11.8 Å². The van der Waals surface area contributed by atoms with E-state index in [-0.39, 0.29) is 41.2 Å². The molecule has 0 radical (unpaired) electrons. The van der Waals surface area contributed by atoms with Crippen LogP contribution in [0.4, 0.5) is 17.1 Å². The summed E-state index contributed by atoms with van der Waals surface area (Å²) in [5.74, 6) is -0.878. The minimum Gasteiger partial charge on any atom is -0.363 e. The fourth-order valence-corrected chi connectivity index (χ4v) is 6.29. The fraction of sp³-hybridized carbons (Fsp3) is 0.357. The third-order valence-corrected chi connectivity index (χ3v) is 8.07. The van der Waals surface area contributed by atoms with Crippen LogP contribution in [0.2, 0.25) is 0 Å². The number of piperazine rings is 1. The lowest BCUT2D eigenvalue weighted by molar-refractivity contribution is -0.384. The van der Waals surface area contributed by atoms with Crippen LogP contribution >= 0.6 is 0 Å². The number of anilines is 2. The van der Waals surface area contributed by atoms with Crippen LogP contribution in [-0.2, 0) is 9.59 Å². The number of hydrogen-bond acceptors (Lipinski definition) is 6. The average Bonchev–Trinajstić information content (AvgIpc) is 3.58. The molecule has 4 aliphatic rings. The molecule has 2 amide bonds. The number of nitro groups is 1. The van der Waals surface area contributed by atoms with Crippen LogP contribution in [0.25, 0.3) is 6.08 Å². The summed E-state index contributed by atoms with van der Waals surface area (Å²) in [5, 5.41) is 12.0. The highest BCUT2D eigenvalue weighted by molar-refractivity contribution is 6.23. The molecule has 8 heteroatoms. The molecule has 3 fully saturated rings. The summed E-state index contributed by atoms with van der Waals surface area (Å²) in [6.07, 6.45) is 9.19. The van der Waals surface area contributed by atoms with Gasteiger partial charge in [-0.1, -0.05) is 54.6 Å². The van der Waals surface area contributed by atoms with Crippen molar-refractivity contribution >= 4 is 35.0 Å². The number of hydrogen-bond donors (Lipinski definition) is 0. The largest absolute Gasteiger partial charge is 0.363 e. The Morgan fingerprint density at radius 3 is 2.22 bits per heavy atom. The Kier molecular flexibility index (Phi) is 5.68. The van der Waals surface area contributed by atoms with E-state index >= 15 is 0 Å². The maximum atomic E-state index is 13.1. The molecule has 0 N–H and O–H groups in total. The Hall–Kier alpha value is -3.78.